The van der Waals surface area contributed by atoms with E-state index in [4.69, 9.17) is 20.8 Å². The Morgan fingerprint density at radius 3 is 2.58 bits per heavy atom. The van der Waals surface area contributed by atoms with Crippen molar-refractivity contribution < 1.29 is 41.5 Å². The second-order valence-electron chi connectivity index (χ2n) is 13.5. The van der Waals surface area contributed by atoms with Gasteiger partial charge in [-0.1, -0.05) is 29.8 Å². The molecule has 3 aromatic rings. The summed E-state index contributed by atoms with van der Waals surface area (Å²) < 4.78 is 53.1. The summed E-state index contributed by atoms with van der Waals surface area (Å²) in [4.78, 5) is 42.2. The number of benzene rings is 2. The van der Waals surface area contributed by atoms with Crippen molar-refractivity contribution in [3.8, 4) is 0 Å². The molecule has 0 bridgehead atoms. The van der Waals surface area contributed by atoms with Gasteiger partial charge in [-0.15, -0.1) is 0 Å². The van der Waals surface area contributed by atoms with Crippen LogP contribution in [-0.4, -0.2) is 109 Å². The molecule has 270 valence electrons. The number of hydrogen-bond donors (Lipinski definition) is 2. The van der Waals surface area contributed by atoms with E-state index in [2.05, 4.69) is 10.2 Å². The summed E-state index contributed by atoms with van der Waals surface area (Å²) >= 11 is 6.51. The average Bonchev–Trinajstić information content (AvgIpc) is 3.62. The number of furan rings is 1. The third-order valence-electron chi connectivity index (χ3n) is 10.2. The second-order valence-corrected chi connectivity index (χ2v) is 15.9. The van der Waals surface area contributed by atoms with E-state index in [1.54, 1.807) is 29.2 Å². The van der Waals surface area contributed by atoms with Crippen molar-refractivity contribution >= 4 is 56.1 Å². The minimum Gasteiger partial charge on any atom is -0.481 e. The van der Waals surface area contributed by atoms with Crippen LogP contribution < -0.4 is 5.32 Å². The zero-order chi connectivity index (χ0) is 35.6. The van der Waals surface area contributed by atoms with Gasteiger partial charge in [0.1, 0.15) is 17.7 Å². The number of anilines is 1. The number of aliphatic carboxylic acids is 1. The number of sulfonamides is 1. The first-order valence-corrected chi connectivity index (χ1v) is 19.2. The standard InChI is InChI=1S/C35H42ClFN4O8S/c1-50(46,47)40-12-4-11-39(13-14-40)24-17-25(20-48-26-9-7-22(8-10-26)35(44)45)41(19-24)33(42)16-23-15-29(36)31(18-30(23)37)38-34(43)28-21-49-32-6-3-2-5-27(28)32/h2-3,5-6,15,18,21-22,24-26H,4,7-14,16-17,19-20H2,1H3,(H,38,43)(H,44,45)/t22-,24-,25-,26-/m0/s1. The summed E-state index contributed by atoms with van der Waals surface area (Å²) in [7, 11) is -3.32. The highest BCUT2D eigenvalue weighted by atomic mass is 35.5. The Bertz CT molecular complexity index is 1850. The first-order valence-electron chi connectivity index (χ1n) is 17.0. The van der Waals surface area contributed by atoms with Gasteiger partial charge in [-0.2, -0.15) is 0 Å². The number of carbonyl (C=O) groups is 3. The fourth-order valence-electron chi connectivity index (χ4n) is 7.38. The van der Waals surface area contributed by atoms with E-state index in [0.717, 1.165) is 6.07 Å². The molecule has 6 rings (SSSR count). The maximum Gasteiger partial charge on any atom is 0.306 e. The number of nitrogens with one attached hydrogen (secondary N) is 1. The van der Waals surface area contributed by atoms with Crippen molar-refractivity contribution in [2.75, 3.05) is 50.9 Å². The van der Waals surface area contributed by atoms with Crippen molar-refractivity contribution in [1.29, 1.82) is 0 Å². The monoisotopic (exact) mass is 732 g/mol. The van der Waals surface area contributed by atoms with Gasteiger partial charge >= 0.3 is 5.97 Å². The molecule has 2 N–H and O–H groups in total. The predicted octanol–water partition coefficient (Wildman–Crippen LogP) is 4.62. The summed E-state index contributed by atoms with van der Waals surface area (Å²) in [6, 6.07) is 9.15. The van der Waals surface area contributed by atoms with E-state index in [0.29, 0.717) is 82.2 Å². The number of likely N-dealkylation sites (tertiary alicyclic amines) is 1. The Labute approximate surface area is 295 Å². The predicted molar refractivity (Wildman–Crippen MR) is 185 cm³/mol. The fraction of sp³-hybridized carbons (Fsp3) is 0.514. The molecule has 0 unspecified atom stereocenters. The molecule has 2 amide bonds. The Morgan fingerprint density at radius 2 is 1.84 bits per heavy atom. The lowest BCUT2D eigenvalue weighted by Crippen LogP contribution is -2.42. The van der Waals surface area contributed by atoms with Crippen LogP contribution in [0.1, 0.15) is 54.4 Å². The van der Waals surface area contributed by atoms with Crippen molar-refractivity contribution in [3.63, 3.8) is 0 Å². The lowest BCUT2D eigenvalue weighted by atomic mass is 9.87. The molecule has 1 aliphatic carbocycles. The van der Waals surface area contributed by atoms with Crippen LogP contribution in [0.2, 0.25) is 5.02 Å². The number of hydrogen-bond acceptors (Lipinski definition) is 8. The fourth-order valence-corrected chi connectivity index (χ4v) is 8.49. The zero-order valence-corrected chi connectivity index (χ0v) is 29.4. The second kappa shape index (κ2) is 15.4. The minimum absolute atomic E-state index is 0.0418. The van der Waals surface area contributed by atoms with Gasteiger partial charge in [0.2, 0.25) is 15.9 Å². The summed E-state index contributed by atoms with van der Waals surface area (Å²) in [5, 5.41) is 12.7. The van der Waals surface area contributed by atoms with Gasteiger partial charge in [-0.25, -0.2) is 17.1 Å². The van der Waals surface area contributed by atoms with Crippen LogP contribution in [0, 0.1) is 11.7 Å². The van der Waals surface area contributed by atoms with Gasteiger partial charge in [0, 0.05) is 37.6 Å². The molecule has 3 heterocycles. The van der Waals surface area contributed by atoms with Gasteiger partial charge in [0.25, 0.3) is 5.91 Å². The number of amides is 2. The van der Waals surface area contributed by atoms with E-state index in [-0.39, 0.29) is 64.9 Å². The first-order chi connectivity index (χ1) is 23.9. The van der Waals surface area contributed by atoms with E-state index < -0.39 is 27.7 Å². The van der Waals surface area contributed by atoms with Crippen LogP contribution in [0.25, 0.3) is 11.0 Å². The van der Waals surface area contributed by atoms with E-state index in [1.165, 1.54) is 22.9 Å². The maximum absolute atomic E-state index is 15.5. The molecule has 1 saturated carbocycles. The molecule has 50 heavy (non-hydrogen) atoms. The lowest BCUT2D eigenvalue weighted by Gasteiger charge is -2.30. The summed E-state index contributed by atoms with van der Waals surface area (Å²) in [6.45, 7) is 2.63. The number of para-hydroxylation sites is 1. The summed E-state index contributed by atoms with van der Waals surface area (Å²) in [6.07, 6.45) is 5.75. The number of ether oxygens (including phenoxy) is 1. The first kappa shape index (κ1) is 36.2. The van der Waals surface area contributed by atoms with Crippen molar-refractivity contribution in [3.05, 3.63) is 64.6 Å². The van der Waals surface area contributed by atoms with Crippen LogP contribution in [0.3, 0.4) is 0 Å². The van der Waals surface area contributed by atoms with E-state index >= 15 is 4.39 Å². The topological polar surface area (TPSA) is 150 Å². The van der Waals surface area contributed by atoms with Crippen molar-refractivity contribution in [1.82, 2.24) is 14.1 Å². The molecule has 3 fully saturated rings. The number of carbonyl (C=O) groups excluding carboxylic acids is 2. The molecule has 0 radical (unpaired) electrons. The number of fused-ring (bicyclic) bond motifs is 1. The molecule has 1 aromatic heterocycles. The molecule has 0 spiro atoms. The van der Waals surface area contributed by atoms with Crippen molar-refractivity contribution in [2.24, 2.45) is 5.92 Å². The lowest BCUT2D eigenvalue weighted by molar-refractivity contribution is -0.144. The normalized spacial score (nSPS) is 23.9. The Hall–Kier alpha value is -3.56. The Morgan fingerprint density at radius 1 is 1.08 bits per heavy atom. The Balaban J connectivity index is 1.14. The van der Waals surface area contributed by atoms with Crippen molar-refractivity contribution in [2.45, 2.75) is 63.1 Å². The van der Waals surface area contributed by atoms with Crippen LogP contribution >= 0.6 is 11.6 Å². The molecular weight excluding hydrogens is 691 g/mol. The van der Waals surface area contributed by atoms with Crippen LogP contribution in [0.4, 0.5) is 10.1 Å². The van der Waals surface area contributed by atoms with Gasteiger partial charge in [0.15, 0.2) is 0 Å². The third kappa shape index (κ3) is 8.31. The van der Waals surface area contributed by atoms with Crippen LogP contribution in [0.5, 0.6) is 0 Å². The molecule has 12 nitrogen and oxygen atoms in total. The zero-order valence-electron chi connectivity index (χ0n) is 27.9. The molecule has 2 atom stereocenters. The highest BCUT2D eigenvalue weighted by Gasteiger charge is 2.40. The third-order valence-corrected chi connectivity index (χ3v) is 11.8. The Kier molecular flexibility index (Phi) is 11.1. The van der Waals surface area contributed by atoms with Gasteiger partial charge in [-0.05, 0) is 68.8 Å². The molecule has 15 heteroatoms. The SMILES string of the molecule is CS(=O)(=O)N1CCCN([C@H]2C[C@@H](CO[C@H]3CC[C@H](C(=O)O)CC3)N(C(=O)Cc3cc(Cl)c(NC(=O)c4coc5ccccc45)cc3F)C2)CC1. The van der Waals surface area contributed by atoms with Gasteiger partial charge in [-0.3, -0.25) is 19.3 Å². The molecular formula is C35H42ClFN4O8S. The summed E-state index contributed by atoms with van der Waals surface area (Å²) in [5.41, 5.74) is 0.955. The number of carboxylic acid groups (broad SMARTS) is 1. The molecule has 2 aromatic carbocycles. The van der Waals surface area contributed by atoms with E-state index in [9.17, 15) is 27.9 Å². The summed E-state index contributed by atoms with van der Waals surface area (Å²) in [5.74, 6) is -2.68. The highest BCUT2D eigenvalue weighted by Crippen LogP contribution is 2.32. The van der Waals surface area contributed by atoms with Gasteiger partial charge < -0.3 is 24.5 Å². The highest BCUT2D eigenvalue weighted by molar-refractivity contribution is 7.88. The average molecular weight is 733 g/mol. The van der Waals surface area contributed by atoms with Crippen LogP contribution in [0.15, 0.2) is 47.1 Å². The maximum atomic E-state index is 15.5. The smallest absolute Gasteiger partial charge is 0.306 e. The molecule has 2 saturated heterocycles. The number of nitrogens with zero attached hydrogens (tertiary/aromatic N) is 3. The quantitative estimate of drug-likeness (QED) is 0.305. The van der Waals surface area contributed by atoms with Crippen LogP contribution in [-0.2, 0) is 30.8 Å². The number of halogens is 2. The molecule has 3 aliphatic rings. The number of carboxylic acids is 1. The minimum atomic E-state index is -3.32. The van der Waals surface area contributed by atoms with Gasteiger partial charge in [0.05, 0.1) is 53.6 Å². The number of rotatable bonds is 10. The van der Waals surface area contributed by atoms with E-state index in [1.807, 2.05) is 0 Å². The largest absolute Gasteiger partial charge is 0.481 e. The molecule has 2 aliphatic heterocycles.